The third-order valence-corrected chi connectivity index (χ3v) is 1.15. The fraction of sp³-hybridized carbons (Fsp3) is 0.429. The molecule has 0 saturated carbocycles. The number of nitrogens with two attached hydrogens (primary N) is 2. The van der Waals surface area contributed by atoms with E-state index in [4.69, 9.17) is 17.9 Å². The van der Waals surface area contributed by atoms with Gasteiger partial charge < -0.3 is 16.8 Å². The molecule has 2 atom stereocenters. The van der Waals surface area contributed by atoms with Crippen LogP contribution in [0.1, 0.15) is 6.92 Å². The second kappa shape index (κ2) is 4.36. The highest BCUT2D eigenvalue weighted by molar-refractivity contribution is 5.90. The molecule has 0 bridgehead atoms. The molecule has 5 nitrogen and oxygen atoms in total. The van der Waals surface area contributed by atoms with Crippen LogP contribution in [-0.2, 0) is 9.59 Å². The van der Waals surface area contributed by atoms with Gasteiger partial charge in [0, 0.05) is 0 Å². The summed E-state index contributed by atoms with van der Waals surface area (Å²) in [6.45, 7) is 1.48. The van der Waals surface area contributed by atoms with Crippen LogP contribution in [0.4, 0.5) is 0 Å². The summed E-state index contributed by atoms with van der Waals surface area (Å²) < 4.78 is 0. The Labute approximate surface area is 70.5 Å². The molecular weight excluding hydrogens is 158 g/mol. The largest absolute Gasteiger partial charge is 0.367 e. The predicted octanol–water partition coefficient (Wildman–Crippen LogP) is -2.06. The average Bonchev–Trinajstić information content (AvgIpc) is 1.98. The molecule has 0 unspecified atom stereocenters. The predicted molar refractivity (Wildman–Crippen MR) is 43.6 cm³/mol. The van der Waals surface area contributed by atoms with Crippen molar-refractivity contribution in [2.45, 2.75) is 19.0 Å². The molecule has 0 heterocycles. The molecule has 12 heavy (non-hydrogen) atoms. The number of hydrogen-bond donors (Lipinski definition) is 3. The number of carbonyl (C=O) groups excluding carboxylic acids is 2. The molecule has 0 aromatic heterocycles. The maximum absolute atomic E-state index is 10.9. The van der Waals surface area contributed by atoms with Crippen molar-refractivity contribution < 1.29 is 9.59 Å². The van der Waals surface area contributed by atoms with Crippen molar-refractivity contribution >= 4 is 11.8 Å². The van der Waals surface area contributed by atoms with E-state index in [2.05, 4.69) is 5.32 Å². The topological polar surface area (TPSA) is 98.2 Å². The van der Waals surface area contributed by atoms with Crippen LogP contribution in [0, 0.1) is 12.3 Å². The Morgan fingerprint density at radius 2 is 2.08 bits per heavy atom. The highest BCUT2D eigenvalue weighted by Gasteiger charge is 2.16. The normalized spacial score (nSPS) is 14.1. The molecule has 5 heteroatoms. The zero-order chi connectivity index (χ0) is 9.72. The Morgan fingerprint density at radius 1 is 1.58 bits per heavy atom. The molecule has 2 amide bonds. The van der Waals surface area contributed by atoms with E-state index in [0.717, 1.165) is 0 Å². The highest BCUT2D eigenvalue weighted by atomic mass is 16.2. The fourth-order valence-electron chi connectivity index (χ4n) is 0.469. The van der Waals surface area contributed by atoms with Crippen LogP contribution in [0.15, 0.2) is 0 Å². The van der Waals surface area contributed by atoms with Gasteiger partial charge in [-0.1, -0.05) is 5.92 Å². The lowest BCUT2D eigenvalue weighted by Crippen LogP contribution is -2.48. The summed E-state index contributed by atoms with van der Waals surface area (Å²) in [5, 5.41) is 2.19. The summed E-state index contributed by atoms with van der Waals surface area (Å²) in [5.74, 6) is 0.750. The fourth-order valence-corrected chi connectivity index (χ4v) is 0.469. The van der Waals surface area contributed by atoms with Gasteiger partial charge in [-0.15, -0.1) is 6.42 Å². The standard InChI is InChI=1S/C7H11N3O2/c1-3-5(6(9)11)10-7(12)4(2)8/h1,4-5H,8H2,2H3,(H2,9,11)(H,10,12)/t4-,5+/m1/s1. The van der Waals surface area contributed by atoms with Crippen LogP contribution < -0.4 is 16.8 Å². The summed E-state index contributed by atoms with van der Waals surface area (Å²) in [4.78, 5) is 21.4. The van der Waals surface area contributed by atoms with Crippen molar-refractivity contribution in [3.05, 3.63) is 0 Å². The third kappa shape index (κ3) is 3.03. The van der Waals surface area contributed by atoms with Crippen molar-refractivity contribution in [3.8, 4) is 12.3 Å². The quantitative estimate of drug-likeness (QED) is 0.423. The van der Waals surface area contributed by atoms with Gasteiger partial charge in [0.1, 0.15) is 0 Å². The van der Waals surface area contributed by atoms with Gasteiger partial charge in [-0.2, -0.15) is 0 Å². The van der Waals surface area contributed by atoms with E-state index in [0.29, 0.717) is 0 Å². The Hall–Kier alpha value is -1.54. The van der Waals surface area contributed by atoms with Crippen molar-refractivity contribution in [1.82, 2.24) is 5.32 Å². The lowest BCUT2D eigenvalue weighted by molar-refractivity contribution is -0.126. The Bertz CT molecular complexity index is 229. The van der Waals surface area contributed by atoms with Crippen LogP contribution >= 0.6 is 0 Å². The van der Waals surface area contributed by atoms with E-state index in [1.807, 2.05) is 5.92 Å². The molecule has 66 valence electrons. The van der Waals surface area contributed by atoms with Crippen LogP contribution in [0.5, 0.6) is 0 Å². The maximum atomic E-state index is 10.9. The van der Waals surface area contributed by atoms with Crippen molar-refractivity contribution in [2.75, 3.05) is 0 Å². The van der Waals surface area contributed by atoms with E-state index in [1.54, 1.807) is 0 Å². The summed E-state index contributed by atoms with van der Waals surface area (Å²) in [6, 6.07) is -1.79. The molecule has 0 aromatic rings. The molecule has 0 aliphatic carbocycles. The van der Waals surface area contributed by atoms with Crippen LogP contribution in [0.3, 0.4) is 0 Å². The maximum Gasteiger partial charge on any atom is 0.252 e. The van der Waals surface area contributed by atoms with Gasteiger partial charge in [0.25, 0.3) is 5.91 Å². The second-order valence-electron chi connectivity index (χ2n) is 2.30. The number of amides is 2. The van der Waals surface area contributed by atoms with Crippen molar-refractivity contribution in [3.63, 3.8) is 0 Å². The van der Waals surface area contributed by atoms with E-state index >= 15 is 0 Å². The Morgan fingerprint density at radius 3 is 2.33 bits per heavy atom. The minimum atomic E-state index is -1.08. The SMILES string of the molecule is C#C[C@H](NC(=O)[C@@H](C)N)C(N)=O. The van der Waals surface area contributed by atoms with Crippen molar-refractivity contribution in [2.24, 2.45) is 11.5 Å². The summed E-state index contributed by atoms with van der Waals surface area (Å²) >= 11 is 0. The van der Waals surface area contributed by atoms with E-state index in [1.165, 1.54) is 6.92 Å². The highest BCUT2D eigenvalue weighted by Crippen LogP contribution is 1.81. The number of primary amides is 1. The molecule has 0 aromatic carbocycles. The number of terminal acetylenes is 1. The van der Waals surface area contributed by atoms with Crippen LogP contribution in [0.25, 0.3) is 0 Å². The number of rotatable bonds is 3. The number of nitrogens with one attached hydrogen (secondary N) is 1. The first-order chi connectivity index (χ1) is 5.49. The Kier molecular flexibility index (Phi) is 3.80. The van der Waals surface area contributed by atoms with Crippen LogP contribution in [-0.4, -0.2) is 23.9 Å². The van der Waals surface area contributed by atoms with Gasteiger partial charge in [-0.3, -0.25) is 9.59 Å². The van der Waals surface area contributed by atoms with E-state index < -0.39 is 23.9 Å². The van der Waals surface area contributed by atoms with E-state index in [-0.39, 0.29) is 0 Å². The molecule has 0 fully saturated rings. The Balaban J connectivity index is 4.15. The van der Waals surface area contributed by atoms with Crippen molar-refractivity contribution in [1.29, 1.82) is 0 Å². The lowest BCUT2D eigenvalue weighted by Gasteiger charge is -2.10. The first-order valence-corrected chi connectivity index (χ1v) is 3.30. The van der Waals surface area contributed by atoms with Gasteiger partial charge in [0.15, 0.2) is 6.04 Å². The third-order valence-electron chi connectivity index (χ3n) is 1.15. The van der Waals surface area contributed by atoms with Gasteiger partial charge in [-0.05, 0) is 6.92 Å². The molecule has 0 aliphatic rings. The zero-order valence-corrected chi connectivity index (χ0v) is 6.70. The van der Waals surface area contributed by atoms with Gasteiger partial charge in [-0.25, -0.2) is 0 Å². The molecule has 0 aliphatic heterocycles. The summed E-state index contributed by atoms with van der Waals surface area (Å²) in [7, 11) is 0. The molecule has 0 spiro atoms. The van der Waals surface area contributed by atoms with Crippen LogP contribution in [0.2, 0.25) is 0 Å². The first kappa shape index (κ1) is 10.5. The summed E-state index contributed by atoms with van der Waals surface area (Å²) in [6.07, 6.45) is 4.92. The molecular formula is C7H11N3O2. The smallest absolute Gasteiger partial charge is 0.252 e. The van der Waals surface area contributed by atoms with Gasteiger partial charge in [0.05, 0.1) is 6.04 Å². The summed E-state index contributed by atoms with van der Waals surface area (Å²) in [5.41, 5.74) is 10.1. The lowest BCUT2D eigenvalue weighted by atomic mass is 10.2. The van der Waals surface area contributed by atoms with E-state index in [9.17, 15) is 9.59 Å². The van der Waals surface area contributed by atoms with Gasteiger partial charge in [0.2, 0.25) is 5.91 Å². The number of carbonyl (C=O) groups is 2. The average molecular weight is 169 g/mol. The zero-order valence-electron chi connectivity index (χ0n) is 6.70. The first-order valence-electron chi connectivity index (χ1n) is 3.30. The van der Waals surface area contributed by atoms with Gasteiger partial charge >= 0.3 is 0 Å². The number of hydrogen-bond acceptors (Lipinski definition) is 3. The minimum Gasteiger partial charge on any atom is -0.367 e. The monoisotopic (exact) mass is 169 g/mol. The second-order valence-corrected chi connectivity index (χ2v) is 2.30. The molecule has 0 rings (SSSR count). The minimum absolute atomic E-state index is 0.503. The molecule has 5 N–H and O–H groups in total. The molecule has 0 radical (unpaired) electrons. The molecule has 0 saturated heterocycles.